The fourth-order valence-electron chi connectivity index (χ4n) is 2.74. The second-order valence-electron chi connectivity index (χ2n) is 6.11. The van der Waals surface area contributed by atoms with Crippen molar-refractivity contribution < 1.29 is 28.5 Å². The van der Waals surface area contributed by atoms with Crippen LogP contribution in [0.2, 0.25) is 0 Å². The highest BCUT2D eigenvalue weighted by molar-refractivity contribution is 5.95. The number of carbonyl (C=O) groups is 2. The van der Waals surface area contributed by atoms with Crippen LogP contribution >= 0.6 is 0 Å². The summed E-state index contributed by atoms with van der Waals surface area (Å²) in [6, 6.07) is 18.4. The summed E-state index contributed by atoms with van der Waals surface area (Å²) in [4.78, 5) is 24.9. The molecule has 0 heterocycles. The van der Waals surface area contributed by atoms with Gasteiger partial charge in [-0.3, -0.25) is 0 Å². The number of rotatable bonds is 6. The van der Waals surface area contributed by atoms with E-state index in [9.17, 15) is 9.59 Å². The monoisotopic (exact) mass is 392 g/mol. The summed E-state index contributed by atoms with van der Waals surface area (Å²) in [5.74, 6) is 0.465. The Labute approximate surface area is 168 Å². The van der Waals surface area contributed by atoms with E-state index in [-0.39, 0.29) is 0 Å². The summed E-state index contributed by atoms with van der Waals surface area (Å²) in [6.45, 7) is 1.76. The Balaban J connectivity index is 1.75. The van der Waals surface area contributed by atoms with Gasteiger partial charge in [-0.05, 0) is 55.0 Å². The summed E-state index contributed by atoms with van der Waals surface area (Å²) in [7, 11) is 2.98. The fourth-order valence-corrected chi connectivity index (χ4v) is 2.74. The molecule has 0 amide bonds. The van der Waals surface area contributed by atoms with Crippen molar-refractivity contribution in [2.24, 2.45) is 0 Å². The Morgan fingerprint density at radius 2 is 1.17 bits per heavy atom. The van der Waals surface area contributed by atoms with Crippen molar-refractivity contribution in [1.29, 1.82) is 0 Å². The quantitative estimate of drug-likeness (QED) is 0.456. The summed E-state index contributed by atoms with van der Waals surface area (Å²) in [6.07, 6.45) is 0. The number of hydrogen-bond donors (Lipinski definition) is 0. The van der Waals surface area contributed by atoms with E-state index in [4.69, 9.17) is 18.9 Å². The number of methoxy groups -OCH3 is 2. The Morgan fingerprint density at radius 1 is 0.655 bits per heavy atom. The van der Waals surface area contributed by atoms with Crippen LogP contribution in [0.3, 0.4) is 0 Å². The number of esters is 2. The molecule has 6 heteroatoms. The van der Waals surface area contributed by atoms with Gasteiger partial charge in [-0.1, -0.05) is 24.3 Å². The molecule has 3 aromatic carbocycles. The van der Waals surface area contributed by atoms with Gasteiger partial charge in [-0.15, -0.1) is 0 Å². The van der Waals surface area contributed by atoms with Gasteiger partial charge in [0.25, 0.3) is 0 Å². The molecule has 0 unspecified atom stereocenters. The Hall–Kier alpha value is -3.80. The minimum atomic E-state index is -0.541. The van der Waals surface area contributed by atoms with Gasteiger partial charge in [0.15, 0.2) is 0 Å². The predicted molar refractivity (Wildman–Crippen MR) is 107 cm³/mol. The summed E-state index contributed by atoms with van der Waals surface area (Å²) >= 11 is 0. The van der Waals surface area contributed by atoms with Gasteiger partial charge in [0.1, 0.15) is 34.1 Å². The molecule has 0 saturated carbocycles. The number of aryl methyl sites for hydroxylation is 1. The van der Waals surface area contributed by atoms with E-state index in [0.29, 0.717) is 39.7 Å². The second-order valence-corrected chi connectivity index (χ2v) is 6.11. The topological polar surface area (TPSA) is 71.1 Å². The molecule has 0 atom stereocenters. The zero-order chi connectivity index (χ0) is 20.8. The molecule has 0 aliphatic heterocycles. The SMILES string of the molecule is COc1ccccc1C(=O)Oc1ccc(OC(=O)c2ccccc2OC)c(C)c1. The molecule has 0 aromatic heterocycles. The van der Waals surface area contributed by atoms with Crippen molar-refractivity contribution in [1.82, 2.24) is 0 Å². The van der Waals surface area contributed by atoms with Crippen LogP contribution in [0.15, 0.2) is 66.7 Å². The number of ether oxygens (including phenoxy) is 4. The van der Waals surface area contributed by atoms with Crippen LogP contribution in [0.4, 0.5) is 0 Å². The van der Waals surface area contributed by atoms with Crippen LogP contribution < -0.4 is 18.9 Å². The normalized spacial score (nSPS) is 10.2. The van der Waals surface area contributed by atoms with Crippen molar-refractivity contribution in [3.63, 3.8) is 0 Å². The first-order chi connectivity index (χ1) is 14.0. The molecule has 148 valence electrons. The number of carbonyl (C=O) groups excluding carboxylic acids is 2. The van der Waals surface area contributed by atoms with Gasteiger partial charge in [-0.2, -0.15) is 0 Å². The third-order valence-electron chi connectivity index (χ3n) is 4.21. The van der Waals surface area contributed by atoms with Crippen LogP contribution in [0.5, 0.6) is 23.0 Å². The average molecular weight is 392 g/mol. The van der Waals surface area contributed by atoms with Crippen LogP contribution in [0.25, 0.3) is 0 Å². The van der Waals surface area contributed by atoms with E-state index < -0.39 is 11.9 Å². The first kappa shape index (κ1) is 19.9. The van der Waals surface area contributed by atoms with Crippen molar-refractivity contribution in [3.8, 4) is 23.0 Å². The highest BCUT2D eigenvalue weighted by atomic mass is 16.5. The minimum Gasteiger partial charge on any atom is -0.496 e. The largest absolute Gasteiger partial charge is 0.496 e. The highest BCUT2D eigenvalue weighted by Crippen LogP contribution is 2.27. The zero-order valence-electron chi connectivity index (χ0n) is 16.3. The van der Waals surface area contributed by atoms with Crippen molar-refractivity contribution >= 4 is 11.9 Å². The summed E-state index contributed by atoms with van der Waals surface area (Å²) in [5, 5.41) is 0. The molecule has 3 rings (SSSR count). The van der Waals surface area contributed by atoms with Gasteiger partial charge in [0, 0.05) is 0 Å². The smallest absolute Gasteiger partial charge is 0.347 e. The molecule has 0 aliphatic carbocycles. The van der Waals surface area contributed by atoms with Crippen LogP contribution in [-0.2, 0) is 0 Å². The van der Waals surface area contributed by atoms with Crippen LogP contribution in [-0.4, -0.2) is 26.2 Å². The third kappa shape index (κ3) is 4.55. The lowest BCUT2D eigenvalue weighted by Gasteiger charge is -2.12. The number of hydrogen-bond acceptors (Lipinski definition) is 6. The molecule has 0 fully saturated rings. The van der Waals surface area contributed by atoms with E-state index in [1.165, 1.54) is 14.2 Å². The molecule has 3 aromatic rings. The van der Waals surface area contributed by atoms with E-state index in [2.05, 4.69) is 0 Å². The Bertz CT molecular complexity index is 1040. The maximum atomic E-state index is 12.5. The predicted octanol–water partition coefficient (Wildman–Crippen LogP) is 4.45. The van der Waals surface area contributed by atoms with Crippen LogP contribution in [0, 0.1) is 6.92 Å². The van der Waals surface area contributed by atoms with E-state index >= 15 is 0 Å². The van der Waals surface area contributed by atoms with Gasteiger partial charge < -0.3 is 18.9 Å². The standard InChI is InChI=1S/C23H20O6/c1-15-14-16(28-22(24)17-8-4-6-10-20(17)26-2)12-13-19(15)29-23(25)18-9-5-7-11-21(18)27-3/h4-14H,1-3H3. The molecule has 0 bridgehead atoms. The van der Waals surface area contributed by atoms with E-state index in [0.717, 1.165) is 0 Å². The lowest BCUT2D eigenvalue weighted by atomic mass is 10.2. The zero-order valence-corrected chi connectivity index (χ0v) is 16.3. The first-order valence-electron chi connectivity index (χ1n) is 8.84. The van der Waals surface area contributed by atoms with Crippen molar-refractivity contribution in [3.05, 3.63) is 83.4 Å². The summed E-state index contributed by atoms with van der Waals surface area (Å²) < 4.78 is 21.3. The Morgan fingerprint density at radius 3 is 1.69 bits per heavy atom. The minimum absolute atomic E-state index is 0.319. The van der Waals surface area contributed by atoms with Crippen molar-refractivity contribution in [2.75, 3.05) is 14.2 Å². The second kappa shape index (κ2) is 8.93. The average Bonchev–Trinajstić information content (AvgIpc) is 2.75. The summed E-state index contributed by atoms with van der Waals surface area (Å²) in [5.41, 5.74) is 1.28. The molecule has 0 aliphatic rings. The van der Waals surface area contributed by atoms with Gasteiger partial charge in [0.2, 0.25) is 0 Å². The molecule has 6 nitrogen and oxygen atoms in total. The maximum absolute atomic E-state index is 12.5. The Kier molecular flexibility index (Phi) is 6.14. The van der Waals surface area contributed by atoms with E-state index in [1.807, 2.05) is 0 Å². The lowest BCUT2D eigenvalue weighted by Crippen LogP contribution is -2.12. The molecular formula is C23H20O6. The molecule has 0 spiro atoms. The molecular weight excluding hydrogens is 372 g/mol. The van der Waals surface area contributed by atoms with Gasteiger partial charge in [-0.25, -0.2) is 9.59 Å². The third-order valence-corrected chi connectivity index (χ3v) is 4.21. The molecule has 0 saturated heterocycles. The highest BCUT2D eigenvalue weighted by Gasteiger charge is 2.17. The lowest BCUT2D eigenvalue weighted by molar-refractivity contribution is 0.0714. The van der Waals surface area contributed by atoms with Crippen molar-refractivity contribution in [2.45, 2.75) is 6.92 Å². The number of benzene rings is 3. The molecule has 0 radical (unpaired) electrons. The van der Waals surface area contributed by atoms with Crippen LogP contribution in [0.1, 0.15) is 26.3 Å². The number of para-hydroxylation sites is 2. The molecule has 0 N–H and O–H groups in total. The fraction of sp³-hybridized carbons (Fsp3) is 0.130. The maximum Gasteiger partial charge on any atom is 0.347 e. The van der Waals surface area contributed by atoms with Gasteiger partial charge >= 0.3 is 11.9 Å². The molecule has 29 heavy (non-hydrogen) atoms. The first-order valence-corrected chi connectivity index (χ1v) is 8.84. The van der Waals surface area contributed by atoms with Gasteiger partial charge in [0.05, 0.1) is 14.2 Å². The van der Waals surface area contributed by atoms with E-state index in [1.54, 1.807) is 73.7 Å².